The minimum Gasteiger partial charge on any atom is -0.479 e. The van der Waals surface area contributed by atoms with E-state index in [-0.39, 0.29) is 11.3 Å². The Bertz CT molecular complexity index is 714. The largest absolute Gasteiger partial charge is 0.479 e. The minimum atomic E-state index is -1.62. The van der Waals surface area contributed by atoms with Crippen LogP contribution in [0.15, 0.2) is 0 Å². The quantitative estimate of drug-likeness (QED) is 0.551. The summed E-state index contributed by atoms with van der Waals surface area (Å²) in [6.07, 6.45) is 12.9. The number of Topliss-reactive ketones (excluding diaryl/α,β-unsaturated/α-hetero) is 1. The highest BCUT2D eigenvalue weighted by atomic mass is 16.4. The van der Waals surface area contributed by atoms with Crippen LogP contribution in [0.3, 0.4) is 0 Å². The molecular formula is C27H44O4. The van der Waals surface area contributed by atoms with Crippen molar-refractivity contribution in [2.24, 2.45) is 46.3 Å². The Balaban J connectivity index is 1.46. The van der Waals surface area contributed by atoms with Crippen LogP contribution in [0.4, 0.5) is 0 Å². The first-order valence-electron chi connectivity index (χ1n) is 13.0. The van der Waals surface area contributed by atoms with E-state index in [1.165, 1.54) is 58.3 Å². The molecule has 0 saturated heterocycles. The van der Waals surface area contributed by atoms with Crippen molar-refractivity contribution < 1.29 is 19.8 Å². The molecule has 0 aromatic heterocycles. The molecule has 2 N–H and O–H groups in total. The van der Waals surface area contributed by atoms with E-state index in [2.05, 4.69) is 20.8 Å². The summed E-state index contributed by atoms with van der Waals surface area (Å²) >= 11 is 0. The number of aliphatic carboxylic acids is 1. The van der Waals surface area contributed by atoms with E-state index >= 15 is 0 Å². The molecule has 1 unspecified atom stereocenters. The summed E-state index contributed by atoms with van der Waals surface area (Å²) < 4.78 is 0. The van der Waals surface area contributed by atoms with Gasteiger partial charge in [0.1, 0.15) is 5.78 Å². The fraction of sp³-hybridized carbons (Fsp3) is 0.926. The number of hydrogen-bond acceptors (Lipinski definition) is 3. The fourth-order valence-corrected chi connectivity index (χ4v) is 9.01. The first-order chi connectivity index (χ1) is 14.5. The topological polar surface area (TPSA) is 74.6 Å². The number of rotatable bonds is 6. The Morgan fingerprint density at radius 2 is 1.81 bits per heavy atom. The van der Waals surface area contributed by atoms with E-state index in [0.717, 1.165) is 19.3 Å². The Labute approximate surface area is 188 Å². The smallest absolute Gasteiger partial charge is 0.335 e. The predicted octanol–water partition coefficient (Wildman–Crippen LogP) is 5.86. The lowest BCUT2D eigenvalue weighted by Gasteiger charge is -2.60. The van der Waals surface area contributed by atoms with Crippen molar-refractivity contribution in [2.45, 2.75) is 110 Å². The van der Waals surface area contributed by atoms with Crippen molar-refractivity contribution in [1.29, 1.82) is 0 Å². The van der Waals surface area contributed by atoms with Gasteiger partial charge in [0.15, 0.2) is 5.60 Å². The molecule has 0 heterocycles. The maximum Gasteiger partial charge on any atom is 0.335 e. The average molecular weight is 433 g/mol. The summed E-state index contributed by atoms with van der Waals surface area (Å²) in [6, 6.07) is 0. The van der Waals surface area contributed by atoms with Gasteiger partial charge in [0.05, 0.1) is 0 Å². The molecule has 0 bridgehead atoms. The number of fused-ring (bicyclic) bond motifs is 5. The van der Waals surface area contributed by atoms with E-state index in [1.54, 1.807) is 0 Å². The van der Waals surface area contributed by atoms with E-state index in [0.29, 0.717) is 47.2 Å². The lowest BCUT2D eigenvalue weighted by Crippen LogP contribution is -2.56. The van der Waals surface area contributed by atoms with Gasteiger partial charge in [-0.3, -0.25) is 4.79 Å². The molecule has 4 nitrogen and oxygen atoms in total. The summed E-state index contributed by atoms with van der Waals surface area (Å²) in [5, 5.41) is 19.2. The van der Waals surface area contributed by atoms with Gasteiger partial charge in [0, 0.05) is 12.3 Å². The number of carbonyl (C=O) groups is 2. The molecule has 176 valence electrons. The van der Waals surface area contributed by atoms with Gasteiger partial charge in [0.25, 0.3) is 0 Å². The van der Waals surface area contributed by atoms with Gasteiger partial charge in [-0.2, -0.15) is 0 Å². The van der Waals surface area contributed by atoms with Gasteiger partial charge in [-0.25, -0.2) is 4.79 Å². The van der Waals surface area contributed by atoms with Crippen molar-refractivity contribution in [3.8, 4) is 0 Å². The Kier molecular flexibility index (Phi) is 6.12. The molecule has 4 heteroatoms. The van der Waals surface area contributed by atoms with E-state index in [9.17, 15) is 14.7 Å². The molecule has 0 spiro atoms. The summed E-state index contributed by atoms with van der Waals surface area (Å²) in [5.41, 5.74) is -1.01. The number of ketones is 1. The SMILES string of the molecule is C[C@H](CCCC(C)(O)C(=O)O)[C@H]1CC[C@H]2[C@@H]3C(=O)C[C@@H]4CCCC[C@]4(C)[C@H]3CC[C@]12C. The fourth-order valence-electron chi connectivity index (χ4n) is 9.01. The molecule has 4 aliphatic rings. The van der Waals surface area contributed by atoms with Crippen LogP contribution in [-0.4, -0.2) is 27.6 Å². The third kappa shape index (κ3) is 3.79. The monoisotopic (exact) mass is 432 g/mol. The van der Waals surface area contributed by atoms with E-state index < -0.39 is 11.6 Å². The molecule has 0 amide bonds. The minimum absolute atomic E-state index is 0.240. The highest BCUT2D eigenvalue weighted by Gasteiger charge is 2.62. The molecule has 4 aliphatic carbocycles. The van der Waals surface area contributed by atoms with Crippen molar-refractivity contribution in [3.63, 3.8) is 0 Å². The standard InChI is InChI=1S/C27H44O4/c1-17(8-7-14-27(4,31)24(29)30)19-10-11-20-23-21(12-15-26(19,20)3)25(2)13-6-5-9-18(25)16-22(23)28/h17-21,23,31H,5-16H2,1-4H3,(H,29,30)/t17-,18+,19-,20+,21+,23+,25+,26-,27?/m1/s1. The van der Waals surface area contributed by atoms with Crippen LogP contribution in [0.2, 0.25) is 0 Å². The van der Waals surface area contributed by atoms with Crippen LogP contribution in [0.5, 0.6) is 0 Å². The molecule has 31 heavy (non-hydrogen) atoms. The average Bonchev–Trinajstić information content (AvgIpc) is 3.05. The van der Waals surface area contributed by atoms with Crippen LogP contribution >= 0.6 is 0 Å². The maximum atomic E-state index is 13.4. The molecule has 0 aromatic carbocycles. The number of carboxylic acids is 1. The first kappa shape index (κ1) is 23.3. The van der Waals surface area contributed by atoms with Crippen LogP contribution in [0.25, 0.3) is 0 Å². The zero-order valence-electron chi connectivity index (χ0n) is 20.2. The van der Waals surface area contributed by atoms with Gasteiger partial charge in [-0.15, -0.1) is 0 Å². The zero-order chi connectivity index (χ0) is 22.6. The molecule has 0 radical (unpaired) electrons. The molecule has 9 atom stereocenters. The van der Waals surface area contributed by atoms with Gasteiger partial charge >= 0.3 is 5.97 Å². The van der Waals surface area contributed by atoms with Crippen LogP contribution in [0.1, 0.15) is 105 Å². The van der Waals surface area contributed by atoms with Gasteiger partial charge in [0.2, 0.25) is 0 Å². The Morgan fingerprint density at radius 3 is 2.52 bits per heavy atom. The summed E-state index contributed by atoms with van der Waals surface area (Å²) in [4.78, 5) is 24.7. The second kappa shape index (κ2) is 8.15. The van der Waals surface area contributed by atoms with Crippen LogP contribution in [-0.2, 0) is 9.59 Å². The lowest BCUT2D eigenvalue weighted by atomic mass is 9.44. The van der Waals surface area contributed by atoms with Crippen molar-refractivity contribution in [3.05, 3.63) is 0 Å². The van der Waals surface area contributed by atoms with Gasteiger partial charge in [-0.05, 0) is 98.7 Å². The number of carbonyl (C=O) groups excluding carboxylic acids is 1. The Morgan fingerprint density at radius 1 is 1.10 bits per heavy atom. The molecule has 0 aromatic rings. The van der Waals surface area contributed by atoms with Gasteiger partial charge in [-0.1, -0.05) is 40.0 Å². The van der Waals surface area contributed by atoms with Gasteiger partial charge < -0.3 is 10.2 Å². The normalized spacial score (nSPS) is 45.2. The van der Waals surface area contributed by atoms with E-state index in [4.69, 9.17) is 5.11 Å². The second-order valence-electron chi connectivity index (χ2n) is 12.5. The predicted molar refractivity (Wildman–Crippen MR) is 121 cm³/mol. The first-order valence-corrected chi connectivity index (χ1v) is 13.0. The number of aliphatic hydroxyl groups is 1. The van der Waals surface area contributed by atoms with Crippen molar-refractivity contribution >= 4 is 11.8 Å². The second-order valence-corrected chi connectivity index (χ2v) is 12.5. The van der Waals surface area contributed by atoms with E-state index in [1.807, 2.05) is 0 Å². The van der Waals surface area contributed by atoms with Crippen LogP contribution < -0.4 is 0 Å². The van der Waals surface area contributed by atoms with Crippen molar-refractivity contribution in [2.75, 3.05) is 0 Å². The van der Waals surface area contributed by atoms with Crippen molar-refractivity contribution in [1.82, 2.24) is 0 Å². The van der Waals surface area contributed by atoms with Crippen LogP contribution in [0, 0.1) is 46.3 Å². The third-order valence-electron chi connectivity index (χ3n) is 10.9. The molecule has 4 saturated carbocycles. The summed E-state index contributed by atoms with van der Waals surface area (Å²) in [7, 11) is 0. The molecule has 4 rings (SSSR count). The number of carboxylic acid groups (broad SMARTS) is 1. The highest BCUT2D eigenvalue weighted by Crippen LogP contribution is 2.67. The zero-order valence-corrected chi connectivity index (χ0v) is 20.2. The summed E-state index contributed by atoms with van der Waals surface area (Å²) in [5.74, 6) is 2.60. The highest BCUT2D eigenvalue weighted by molar-refractivity contribution is 5.83. The third-order valence-corrected chi connectivity index (χ3v) is 10.9. The lowest BCUT2D eigenvalue weighted by molar-refractivity contribution is -0.157. The summed E-state index contributed by atoms with van der Waals surface area (Å²) in [6.45, 7) is 8.72. The Hall–Kier alpha value is -0.900. The number of hydrogen-bond donors (Lipinski definition) is 2. The molecule has 0 aliphatic heterocycles. The molecule has 4 fully saturated rings. The molecular weight excluding hydrogens is 388 g/mol. The maximum absolute atomic E-state index is 13.4.